The molecule has 1 aromatic carbocycles. The van der Waals surface area contributed by atoms with E-state index in [-0.39, 0.29) is 11.9 Å². The molecule has 26 heavy (non-hydrogen) atoms. The second kappa shape index (κ2) is 6.53. The average molecular weight is 349 g/mol. The van der Waals surface area contributed by atoms with Gasteiger partial charge in [0, 0.05) is 37.1 Å². The van der Waals surface area contributed by atoms with Crippen molar-refractivity contribution in [2.75, 3.05) is 26.7 Å². The number of aryl methyl sites for hydroxylation is 2. The van der Waals surface area contributed by atoms with E-state index in [4.69, 9.17) is 0 Å². The molecule has 1 aliphatic rings. The number of piperazine rings is 1. The van der Waals surface area contributed by atoms with Crippen LogP contribution in [0.15, 0.2) is 42.5 Å². The highest BCUT2D eigenvalue weighted by atomic mass is 16.2. The highest BCUT2D eigenvalue weighted by Gasteiger charge is 2.30. The van der Waals surface area contributed by atoms with Gasteiger partial charge in [-0.25, -0.2) is 9.50 Å². The van der Waals surface area contributed by atoms with Crippen molar-refractivity contribution >= 4 is 11.6 Å². The molecule has 6 nitrogen and oxygen atoms in total. The van der Waals surface area contributed by atoms with E-state index >= 15 is 0 Å². The molecule has 1 saturated heterocycles. The average Bonchev–Trinajstić information content (AvgIpc) is 3.06. The van der Waals surface area contributed by atoms with Crippen LogP contribution in [0.4, 0.5) is 0 Å². The van der Waals surface area contributed by atoms with E-state index in [1.54, 1.807) is 10.6 Å². The van der Waals surface area contributed by atoms with Gasteiger partial charge in [-0.3, -0.25) is 9.69 Å². The van der Waals surface area contributed by atoms with E-state index in [9.17, 15) is 4.79 Å². The SMILES string of the molecule is Cc1cc(C)n2nc(C(=O)N3CCN(C)C(c4ccccc4)C3)cc2n1. The van der Waals surface area contributed by atoms with Crippen molar-refractivity contribution in [2.45, 2.75) is 19.9 Å². The molecule has 0 radical (unpaired) electrons. The Morgan fingerprint density at radius 3 is 2.65 bits per heavy atom. The fourth-order valence-corrected chi connectivity index (χ4v) is 3.65. The van der Waals surface area contributed by atoms with Gasteiger partial charge in [0.1, 0.15) is 0 Å². The van der Waals surface area contributed by atoms with Crippen molar-refractivity contribution in [2.24, 2.45) is 0 Å². The molecule has 4 rings (SSSR count). The quantitative estimate of drug-likeness (QED) is 0.713. The number of fused-ring (bicyclic) bond motifs is 1. The highest BCUT2D eigenvalue weighted by Crippen LogP contribution is 2.24. The third kappa shape index (κ3) is 2.97. The number of carbonyl (C=O) groups is 1. The molecule has 0 aliphatic carbocycles. The van der Waals surface area contributed by atoms with Gasteiger partial charge in [-0.05, 0) is 32.5 Å². The molecular weight excluding hydrogens is 326 g/mol. The molecule has 0 N–H and O–H groups in total. The van der Waals surface area contributed by atoms with Crippen molar-refractivity contribution in [3.05, 3.63) is 65.1 Å². The second-order valence-corrected chi connectivity index (χ2v) is 7.00. The maximum atomic E-state index is 13.1. The van der Waals surface area contributed by atoms with Crippen LogP contribution in [0.5, 0.6) is 0 Å². The van der Waals surface area contributed by atoms with E-state index in [2.05, 4.69) is 34.2 Å². The first kappa shape index (κ1) is 16.7. The molecule has 0 bridgehead atoms. The summed E-state index contributed by atoms with van der Waals surface area (Å²) in [5.74, 6) is -0.0263. The number of likely N-dealkylation sites (N-methyl/N-ethyl adjacent to an activating group) is 1. The van der Waals surface area contributed by atoms with Gasteiger partial charge < -0.3 is 4.90 Å². The molecule has 1 atom stereocenters. The summed E-state index contributed by atoms with van der Waals surface area (Å²) in [5.41, 5.74) is 4.32. The van der Waals surface area contributed by atoms with Crippen LogP contribution in [-0.4, -0.2) is 57.0 Å². The van der Waals surface area contributed by atoms with Crippen molar-refractivity contribution in [3.63, 3.8) is 0 Å². The number of hydrogen-bond acceptors (Lipinski definition) is 4. The number of amides is 1. The lowest BCUT2D eigenvalue weighted by Crippen LogP contribution is -2.49. The number of hydrogen-bond donors (Lipinski definition) is 0. The van der Waals surface area contributed by atoms with E-state index in [1.165, 1.54) is 5.56 Å². The van der Waals surface area contributed by atoms with Gasteiger partial charge in [0.15, 0.2) is 11.3 Å². The van der Waals surface area contributed by atoms with Gasteiger partial charge in [0.2, 0.25) is 0 Å². The fourth-order valence-electron chi connectivity index (χ4n) is 3.65. The summed E-state index contributed by atoms with van der Waals surface area (Å²) < 4.78 is 1.74. The minimum Gasteiger partial charge on any atom is -0.334 e. The lowest BCUT2D eigenvalue weighted by molar-refractivity contribution is 0.0540. The normalized spacial score (nSPS) is 18.4. The van der Waals surface area contributed by atoms with E-state index in [1.807, 2.05) is 43.0 Å². The largest absolute Gasteiger partial charge is 0.334 e. The van der Waals surface area contributed by atoms with Crippen LogP contribution in [0.3, 0.4) is 0 Å². The van der Waals surface area contributed by atoms with Crippen LogP contribution >= 0.6 is 0 Å². The molecule has 3 heterocycles. The van der Waals surface area contributed by atoms with Gasteiger partial charge in [0.05, 0.1) is 6.04 Å². The molecule has 6 heteroatoms. The summed E-state index contributed by atoms with van der Waals surface area (Å²) in [6.45, 7) is 6.14. The maximum Gasteiger partial charge on any atom is 0.274 e. The van der Waals surface area contributed by atoms with E-state index < -0.39 is 0 Å². The fraction of sp³-hybridized carbons (Fsp3) is 0.350. The minimum atomic E-state index is -0.0263. The molecular formula is C20H23N5O. The number of carbonyl (C=O) groups excluding carboxylic acids is 1. The first-order valence-electron chi connectivity index (χ1n) is 8.91. The number of benzene rings is 1. The van der Waals surface area contributed by atoms with Crippen LogP contribution in [0.1, 0.15) is 33.5 Å². The van der Waals surface area contributed by atoms with Crippen molar-refractivity contribution in [1.29, 1.82) is 0 Å². The van der Waals surface area contributed by atoms with Gasteiger partial charge >= 0.3 is 0 Å². The monoisotopic (exact) mass is 349 g/mol. The molecule has 1 fully saturated rings. The Labute approximate surface area is 153 Å². The minimum absolute atomic E-state index is 0.0263. The molecule has 1 aliphatic heterocycles. The maximum absolute atomic E-state index is 13.1. The summed E-state index contributed by atoms with van der Waals surface area (Å²) in [5, 5.41) is 4.49. The molecule has 1 unspecified atom stereocenters. The summed E-state index contributed by atoms with van der Waals surface area (Å²) in [6.07, 6.45) is 0. The predicted octanol–water partition coefficient (Wildman–Crippen LogP) is 2.48. The van der Waals surface area contributed by atoms with Crippen LogP contribution in [0.2, 0.25) is 0 Å². The van der Waals surface area contributed by atoms with Crippen molar-refractivity contribution in [1.82, 2.24) is 24.4 Å². The zero-order valence-electron chi connectivity index (χ0n) is 15.4. The Hall–Kier alpha value is -2.73. The standard InChI is InChI=1S/C20H23N5O/c1-14-11-15(2)25-19(21-14)12-17(22-25)20(26)24-10-9-23(3)18(13-24)16-7-5-4-6-8-16/h4-8,11-12,18H,9-10,13H2,1-3H3. The third-order valence-electron chi connectivity index (χ3n) is 5.07. The summed E-state index contributed by atoms with van der Waals surface area (Å²) in [4.78, 5) is 21.7. The molecule has 0 saturated carbocycles. The lowest BCUT2D eigenvalue weighted by atomic mass is 10.0. The second-order valence-electron chi connectivity index (χ2n) is 7.00. The topological polar surface area (TPSA) is 53.7 Å². The molecule has 2 aromatic heterocycles. The van der Waals surface area contributed by atoms with E-state index in [0.29, 0.717) is 18.8 Å². The first-order chi connectivity index (χ1) is 12.5. The number of rotatable bonds is 2. The lowest BCUT2D eigenvalue weighted by Gasteiger charge is -2.39. The molecule has 134 valence electrons. The number of nitrogens with zero attached hydrogens (tertiary/aromatic N) is 5. The molecule has 0 spiro atoms. The van der Waals surface area contributed by atoms with Crippen molar-refractivity contribution < 1.29 is 4.79 Å². The summed E-state index contributed by atoms with van der Waals surface area (Å²) >= 11 is 0. The Bertz CT molecular complexity index is 949. The van der Waals surface area contributed by atoms with E-state index in [0.717, 1.165) is 23.6 Å². The van der Waals surface area contributed by atoms with Gasteiger partial charge in [-0.1, -0.05) is 30.3 Å². The zero-order valence-corrected chi connectivity index (χ0v) is 15.4. The Kier molecular flexibility index (Phi) is 4.20. The number of aromatic nitrogens is 3. The first-order valence-corrected chi connectivity index (χ1v) is 8.91. The van der Waals surface area contributed by atoms with Gasteiger partial charge in [-0.2, -0.15) is 5.10 Å². The molecule has 3 aromatic rings. The van der Waals surface area contributed by atoms with Gasteiger partial charge in [0.25, 0.3) is 5.91 Å². The Morgan fingerprint density at radius 2 is 1.88 bits per heavy atom. The predicted molar refractivity (Wildman–Crippen MR) is 100 cm³/mol. The summed E-state index contributed by atoms with van der Waals surface area (Å²) in [7, 11) is 2.11. The highest BCUT2D eigenvalue weighted by molar-refractivity contribution is 5.93. The van der Waals surface area contributed by atoms with Crippen LogP contribution < -0.4 is 0 Å². The van der Waals surface area contributed by atoms with Crippen LogP contribution in [0.25, 0.3) is 5.65 Å². The Balaban J connectivity index is 1.61. The van der Waals surface area contributed by atoms with Crippen molar-refractivity contribution in [3.8, 4) is 0 Å². The third-order valence-corrected chi connectivity index (χ3v) is 5.07. The Morgan fingerprint density at radius 1 is 1.12 bits per heavy atom. The zero-order chi connectivity index (χ0) is 18.3. The van der Waals surface area contributed by atoms with Crippen LogP contribution in [0, 0.1) is 13.8 Å². The smallest absolute Gasteiger partial charge is 0.274 e. The molecule has 1 amide bonds. The van der Waals surface area contributed by atoms with Gasteiger partial charge in [-0.15, -0.1) is 0 Å². The van der Waals surface area contributed by atoms with Crippen LogP contribution in [-0.2, 0) is 0 Å². The summed E-state index contributed by atoms with van der Waals surface area (Å²) in [6, 6.07) is 14.3.